The van der Waals surface area contributed by atoms with Gasteiger partial charge in [-0.1, -0.05) is 11.6 Å². The van der Waals surface area contributed by atoms with E-state index >= 15 is 0 Å². The first-order valence-electron chi connectivity index (χ1n) is 7.34. The minimum absolute atomic E-state index is 0.0591. The van der Waals surface area contributed by atoms with Gasteiger partial charge in [0.15, 0.2) is 0 Å². The molecule has 0 saturated carbocycles. The molecular weight excluding hydrogens is 290 g/mol. The molecule has 1 saturated heterocycles. The second kappa shape index (κ2) is 6.62. The molecule has 2 rings (SSSR count). The fourth-order valence-electron chi connectivity index (χ4n) is 2.54. The van der Waals surface area contributed by atoms with Crippen LogP contribution >= 0.6 is 11.6 Å². The Balaban J connectivity index is 2.15. The van der Waals surface area contributed by atoms with Crippen LogP contribution in [-0.2, 0) is 0 Å². The molecule has 5 nitrogen and oxygen atoms in total. The number of carbonyl (C=O) groups is 1. The summed E-state index contributed by atoms with van der Waals surface area (Å²) in [5.74, 6) is 0.548. The molecule has 21 heavy (non-hydrogen) atoms. The van der Waals surface area contributed by atoms with Crippen LogP contribution < -0.4 is 5.32 Å². The SMILES string of the molecule is CCNc1cc(C(=O)N2CCCC(C)(O)CC2)cc(Cl)n1. The minimum atomic E-state index is -0.681. The zero-order chi connectivity index (χ0) is 15.5. The van der Waals surface area contributed by atoms with Crippen molar-refractivity contribution in [1.82, 2.24) is 9.88 Å². The number of carbonyl (C=O) groups excluding carboxylic acids is 1. The first-order valence-corrected chi connectivity index (χ1v) is 7.72. The molecule has 0 bridgehead atoms. The second-order valence-corrected chi connectivity index (χ2v) is 6.12. The van der Waals surface area contributed by atoms with E-state index in [9.17, 15) is 9.90 Å². The summed E-state index contributed by atoms with van der Waals surface area (Å²) in [6.07, 6.45) is 2.12. The third-order valence-electron chi connectivity index (χ3n) is 3.75. The van der Waals surface area contributed by atoms with E-state index in [0.29, 0.717) is 42.6 Å². The number of nitrogens with one attached hydrogen (secondary N) is 1. The number of hydrogen-bond donors (Lipinski definition) is 2. The highest BCUT2D eigenvalue weighted by Gasteiger charge is 2.27. The summed E-state index contributed by atoms with van der Waals surface area (Å²) in [7, 11) is 0. The van der Waals surface area contributed by atoms with E-state index in [1.54, 1.807) is 17.0 Å². The molecular formula is C15H22ClN3O2. The monoisotopic (exact) mass is 311 g/mol. The van der Waals surface area contributed by atoms with Gasteiger partial charge in [-0.2, -0.15) is 0 Å². The molecule has 0 aromatic carbocycles. The average Bonchev–Trinajstić information content (AvgIpc) is 2.58. The van der Waals surface area contributed by atoms with Crippen molar-refractivity contribution in [3.63, 3.8) is 0 Å². The van der Waals surface area contributed by atoms with Crippen LogP contribution in [0.3, 0.4) is 0 Å². The lowest BCUT2D eigenvalue weighted by atomic mass is 9.98. The molecule has 1 aliphatic rings. The maximum Gasteiger partial charge on any atom is 0.254 e. The highest BCUT2D eigenvalue weighted by Crippen LogP contribution is 2.23. The molecule has 1 fully saturated rings. The molecule has 116 valence electrons. The first-order chi connectivity index (χ1) is 9.91. The summed E-state index contributed by atoms with van der Waals surface area (Å²) in [6.45, 7) is 5.72. The summed E-state index contributed by atoms with van der Waals surface area (Å²) in [4.78, 5) is 18.5. The van der Waals surface area contributed by atoms with E-state index < -0.39 is 5.60 Å². The Hall–Kier alpha value is -1.33. The van der Waals surface area contributed by atoms with Gasteiger partial charge >= 0.3 is 0 Å². The smallest absolute Gasteiger partial charge is 0.254 e. The fraction of sp³-hybridized carbons (Fsp3) is 0.600. The van der Waals surface area contributed by atoms with Crippen molar-refractivity contribution in [2.24, 2.45) is 0 Å². The highest BCUT2D eigenvalue weighted by atomic mass is 35.5. The number of aromatic nitrogens is 1. The third-order valence-corrected chi connectivity index (χ3v) is 3.94. The maximum absolute atomic E-state index is 12.6. The van der Waals surface area contributed by atoms with Crippen LogP contribution in [0.25, 0.3) is 0 Å². The van der Waals surface area contributed by atoms with Gasteiger partial charge in [0.25, 0.3) is 5.91 Å². The van der Waals surface area contributed by atoms with Crippen molar-refractivity contribution in [2.45, 2.75) is 38.7 Å². The Morgan fingerprint density at radius 2 is 2.24 bits per heavy atom. The number of anilines is 1. The Labute approximate surface area is 130 Å². The van der Waals surface area contributed by atoms with Crippen molar-refractivity contribution in [1.29, 1.82) is 0 Å². The van der Waals surface area contributed by atoms with Gasteiger partial charge in [-0.05, 0) is 45.2 Å². The van der Waals surface area contributed by atoms with Gasteiger partial charge in [-0.15, -0.1) is 0 Å². The second-order valence-electron chi connectivity index (χ2n) is 5.74. The molecule has 0 aliphatic carbocycles. The van der Waals surface area contributed by atoms with E-state index in [-0.39, 0.29) is 5.91 Å². The molecule has 0 spiro atoms. The predicted octanol–water partition coefficient (Wildman–Crippen LogP) is 2.54. The highest BCUT2D eigenvalue weighted by molar-refractivity contribution is 6.29. The molecule has 6 heteroatoms. The lowest BCUT2D eigenvalue weighted by Crippen LogP contribution is -2.33. The quantitative estimate of drug-likeness (QED) is 0.842. The number of rotatable bonds is 3. The molecule has 1 aliphatic heterocycles. The van der Waals surface area contributed by atoms with Crippen LogP contribution in [0.15, 0.2) is 12.1 Å². The Bertz CT molecular complexity index is 520. The molecule has 2 heterocycles. The van der Waals surface area contributed by atoms with Crippen LogP contribution in [0, 0.1) is 0 Å². The molecule has 1 unspecified atom stereocenters. The predicted molar refractivity (Wildman–Crippen MR) is 83.8 cm³/mol. The van der Waals surface area contributed by atoms with Crippen LogP contribution in [0.5, 0.6) is 0 Å². The number of pyridine rings is 1. The third kappa shape index (κ3) is 4.32. The molecule has 1 aromatic heterocycles. The summed E-state index contributed by atoms with van der Waals surface area (Å²) in [5, 5.41) is 13.5. The summed E-state index contributed by atoms with van der Waals surface area (Å²) in [5.41, 5.74) is -0.146. The standard InChI is InChI=1S/C15H22ClN3O2/c1-3-17-13-10-11(9-12(16)18-13)14(20)19-7-4-5-15(2,21)6-8-19/h9-10,21H,3-8H2,1-2H3,(H,17,18). The van der Waals surface area contributed by atoms with Crippen molar-refractivity contribution in [3.8, 4) is 0 Å². The van der Waals surface area contributed by atoms with Crippen LogP contribution in [0.1, 0.15) is 43.5 Å². The van der Waals surface area contributed by atoms with Gasteiger partial charge in [-0.25, -0.2) is 4.98 Å². The van der Waals surface area contributed by atoms with Crippen molar-refractivity contribution < 1.29 is 9.90 Å². The summed E-state index contributed by atoms with van der Waals surface area (Å²) in [6, 6.07) is 3.31. The Morgan fingerprint density at radius 3 is 2.95 bits per heavy atom. The number of nitrogens with zero attached hydrogens (tertiary/aromatic N) is 2. The number of amides is 1. The van der Waals surface area contributed by atoms with Gasteiger partial charge in [0.2, 0.25) is 0 Å². The number of halogens is 1. The lowest BCUT2D eigenvalue weighted by Gasteiger charge is -2.23. The summed E-state index contributed by atoms with van der Waals surface area (Å²) < 4.78 is 0. The summed E-state index contributed by atoms with van der Waals surface area (Å²) >= 11 is 5.98. The van der Waals surface area contributed by atoms with Crippen molar-refractivity contribution in [3.05, 3.63) is 22.8 Å². The van der Waals surface area contributed by atoms with Crippen molar-refractivity contribution in [2.75, 3.05) is 25.0 Å². The molecule has 1 aromatic rings. The topological polar surface area (TPSA) is 65.5 Å². The van der Waals surface area contributed by atoms with Gasteiger partial charge in [0, 0.05) is 25.2 Å². The lowest BCUT2D eigenvalue weighted by molar-refractivity contribution is 0.0438. The van der Waals surface area contributed by atoms with Gasteiger partial charge < -0.3 is 15.3 Å². The van der Waals surface area contributed by atoms with E-state index in [1.807, 2.05) is 13.8 Å². The number of likely N-dealkylation sites (tertiary alicyclic amines) is 1. The van der Waals surface area contributed by atoms with Crippen LogP contribution in [0.2, 0.25) is 5.15 Å². The largest absolute Gasteiger partial charge is 0.390 e. The Morgan fingerprint density at radius 1 is 1.48 bits per heavy atom. The molecule has 1 atom stereocenters. The van der Waals surface area contributed by atoms with E-state index in [2.05, 4.69) is 10.3 Å². The zero-order valence-electron chi connectivity index (χ0n) is 12.5. The van der Waals surface area contributed by atoms with E-state index in [1.165, 1.54) is 0 Å². The zero-order valence-corrected chi connectivity index (χ0v) is 13.3. The Kier molecular flexibility index (Phi) is 5.06. The maximum atomic E-state index is 12.6. The van der Waals surface area contributed by atoms with Crippen molar-refractivity contribution >= 4 is 23.3 Å². The van der Waals surface area contributed by atoms with Gasteiger partial charge in [0.05, 0.1) is 5.60 Å². The van der Waals surface area contributed by atoms with Crippen LogP contribution in [0.4, 0.5) is 5.82 Å². The molecule has 1 amide bonds. The van der Waals surface area contributed by atoms with Crippen LogP contribution in [-0.4, -0.2) is 46.1 Å². The average molecular weight is 312 g/mol. The first kappa shape index (κ1) is 16.0. The number of hydrogen-bond acceptors (Lipinski definition) is 4. The van der Waals surface area contributed by atoms with Gasteiger partial charge in [-0.3, -0.25) is 4.79 Å². The fourth-order valence-corrected chi connectivity index (χ4v) is 2.75. The van der Waals surface area contributed by atoms with E-state index in [4.69, 9.17) is 11.6 Å². The minimum Gasteiger partial charge on any atom is -0.390 e. The van der Waals surface area contributed by atoms with Gasteiger partial charge in [0.1, 0.15) is 11.0 Å². The molecule has 0 radical (unpaired) electrons. The van der Waals surface area contributed by atoms with E-state index in [0.717, 1.165) is 12.8 Å². The number of aliphatic hydroxyl groups is 1. The molecule has 2 N–H and O–H groups in total. The normalized spacial score (nSPS) is 22.8.